The van der Waals surface area contributed by atoms with Crippen LogP contribution in [0.4, 0.5) is 0 Å². The van der Waals surface area contributed by atoms with Crippen molar-refractivity contribution < 1.29 is 9.90 Å². The van der Waals surface area contributed by atoms with Gasteiger partial charge in [0, 0.05) is 30.1 Å². The molecule has 0 saturated heterocycles. The molecule has 0 radical (unpaired) electrons. The molecular weight excluding hydrogens is 206 g/mol. The van der Waals surface area contributed by atoms with E-state index in [1.165, 1.54) is 0 Å². The van der Waals surface area contributed by atoms with Crippen molar-refractivity contribution in [3.05, 3.63) is 30.4 Å². The minimum Gasteiger partial charge on any atom is -0.479 e. The topological polar surface area (TPSA) is 75.4 Å². The van der Waals surface area contributed by atoms with Crippen LogP contribution in [0.25, 0.3) is 5.57 Å². The van der Waals surface area contributed by atoms with Crippen LogP contribution in [0.5, 0.6) is 0 Å². The summed E-state index contributed by atoms with van der Waals surface area (Å²) in [6.07, 6.45) is 5.66. The molecule has 2 heterocycles. The normalized spacial score (nSPS) is 19.9. The number of aliphatic carboxylic acids is 1. The quantitative estimate of drug-likeness (QED) is 0.807. The summed E-state index contributed by atoms with van der Waals surface area (Å²) in [6, 6.07) is 0.813. The number of carboxylic acid groups (broad SMARTS) is 1. The number of aromatic nitrogens is 2. The highest BCUT2D eigenvalue weighted by Crippen LogP contribution is 2.22. The van der Waals surface area contributed by atoms with Crippen molar-refractivity contribution in [3.63, 3.8) is 0 Å². The summed E-state index contributed by atoms with van der Waals surface area (Å²) in [6.45, 7) is 1.81. The lowest BCUT2D eigenvalue weighted by Gasteiger charge is -2.16. The van der Waals surface area contributed by atoms with Gasteiger partial charge in [-0.05, 0) is 13.0 Å². The fourth-order valence-electron chi connectivity index (χ4n) is 1.56. The summed E-state index contributed by atoms with van der Waals surface area (Å²) in [4.78, 5) is 23.3. The van der Waals surface area contributed by atoms with Crippen LogP contribution in [0.15, 0.2) is 29.5 Å². The first-order chi connectivity index (χ1) is 7.68. The summed E-state index contributed by atoms with van der Waals surface area (Å²) < 4.78 is 0. The predicted molar refractivity (Wildman–Crippen MR) is 59.2 cm³/mol. The average molecular weight is 217 g/mol. The van der Waals surface area contributed by atoms with Gasteiger partial charge in [0.1, 0.15) is 0 Å². The van der Waals surface area contributed by atoms with Crippen LogP contribution in [0.3, 0.4) is 0 Å². The summed E-state index contributed by atoms with van der Waals surface area (Å²) in [5.41, 5.74) is 1.38. The Morgan fingerprint density at radius 1 is 1.44 bits per heavy atom. The number of dihydropyridines is 1. The van der Waals surface area contributed by atoms with Gasteiger partial charge in [0.15, 0.2) is 11.9 Å². The molecule has 16 heavy (non-hydrogen) atoms. The first kappa shape index (κ1) is 10.5. The van der Waals surface area contributed by atoms with Crippen LogP contribution in [0.1, 0.15) is 19.2 Å². The molecule has 1 N–H and O–H groups in total. The van der Waals surface area contributed by atoms with E-state index in [9.17, 15) is 4.79 Å². The van der Waals surface area contributed by atoms with Crippen LogP contribution in [0.2, 0.25) is 0 Å². The SMILES string of the molecule is CC1=NC(C(=O)O)C(c2ncccn2)=CC1. The lowest BCUT2D eigenvalue weighted by molar-refractivity contribution is -0.137. The lowest BCUT2D eigenvalue weighted by Crippen LogP contribution is -2.24. The van der Waals surface area contributed by atoms with Crippen molar-refractivity contribution >= 4 is 17.3 Å². The molecular formula is C11H11N3O2. The second-order valence-corrected chi connectivity index (χ2v) is 3.54. The molecule has 0 spiro atoms. The Morgan fingerprint density at radius 3 is 2.75 bits per heavy atom. The number of nitrogens with zero attached hydrogens (tertiary/aromatic N) is 3. The Morgan fingerprint density at radius 2 is 2.12 bits per heavy atom. The van der Waals surface area contributed by atoms with E-state index in [0.717, 1.165) is 5.71 Å². The maximum Gasteiger partial charge on any atom is 0.333 e. The second kappa shape index (κ2) is 4.22. The molecule has 0 aliphatic carbocycles. The van der Waals surface area contributed by atoms with Crippen LogP contribution in [-0.2, 0) is 4.79 Å². The van der Waals surface area contributed by atoms with Crippen molar-refractivity contribution in [2.45, 2.75) is 19.4 Å². The predicted octanol–water partition coefficient (Wildman–Crippen LogP) is 1.18. The van der Waals surface area contributed by atoms with Crippen molar-refractivity contribution in [2.75, 3.05) is 0 Å². The van der Waals surface area contributed by atoms with E-state index in [2.05, 4.69) is 15.0 Å². The molecule has 1 unspecified atom stereocenters. The van der Waals surface area contributed by atoms with E-state index in [0.29, 0.717) is 17.8 Å². The number of rotatable bonds is 2. The average Bonchev–Trinajstić information content (AvgIpc) is 2.30. The highest BCUT2D eigenvalue weighted by atomic mass is 16.4. The van der Waals surface area contributed by atoms with E-state index in [1.807, 2.05) is 13.0 Å². The molecule has 82 valence electrons. The molecule has 5 nitrogen and oxygen atoms in total. The van der Waals surface area contributed by atoms with E-state index < -0.39 is 12.0 Å². The monoisotopic (exact) mass is 217 g/mol. The fourth-order valence-corrected chi connectivity index (χ4v) is 1.56. The number of aliphatic imine (C=N–C) groups is 1. The van der Waals surface area contributed by atoms with Gasteiger partial charge >= 0.3 is 5.97 Å². The van der Waals surface area contributed by atoms with Gasteiger partial charge in [-0.25, -0.2) is 14.8 Å². The highest BCUT2D eigenvalue weighted by Gasteiger charge is 2.26. The van der Waals surface area contributed by atoms with Crippen LogP contribution in [-0.4, -0.2) is 32.8 Å². The van der Waals surface area contributed by atoms with E-state index in [4.69, 9.17) is 5.11 Å². The van der Waals surface area contributed by atoms with Gasteiger partial charge in [-0.3, -0.25) is 4.99 Å². The van der Waals surface area contributed by atoms with Crippen molar-refractivity contribution in [1.82, 2.24) is 9.97 Å². The zero-order chi connectivity index (χ0) is 11.5. The van der Waals surface area contributed by atoms with Gasteiger partial charge in [-0.2, -0.15) is 0 Å². The molecule has 1 atom stereocenters. The Kier molecular flexibility index (Phi) is 2.76. The third-order valence-corrected chi connectivity index (χ3v) is 2.32. The smallest absolute Gasteiger partial charge is 0.333 e. The maximum absolute atomic E-state index is 11.1. The van der Waals surface area contributed by atoms with Crippen LogP contribution in [0, 0.1) is 0 Å². The van der Waals surface area contributed by atoms with Gasteiger partial charge in [-0.15, -0.1) is 0 Å². The third kappa shape index (κ3) is 1.98. The molecule has 1 aromatic rings. The van der Waals surface area contributed by atoms with Gasteiger partial charge in [0.25, 0.3) is 0 Å². The number of carboxylic acids is 1. The Hall–Kier alpha value is -2.04. The molecule has 0 saturated carbocycles. The molecule has 5 heteroatoms. The van der Waals surface area contributed by atoms with Crippen molar-refractivity contribution in [3.8, 4) is 0 Å². The number of allylic oxidation sites excluding steroid dienone is 1. The summed E-state index contributed by atoms with van der Waals surface area (Å²) in [5, 5.41) is 9.08. The van der Waals surface area contributed by atoms with Gasteiger partial charge < -0.3 is 5.11 Å². The number of hydrogen-bond donors (Lipinski definition) is 1. The first-order valence-electron chi connectivity index (χ1n) is 4.92. The molecule has 1 aromatic heterocycles. The Bertz CT molecular complexity index is 465. The largest absolute Gasteiger partial charge is 0.479 e. The highest BCUT2D eigenvalue weighted by molar-refractivity contribution is 5.98. The number of carbonyl (C=O) groups is 1. The lowest BCUT2D eigenvalue weighted by atomic mass is 10.0. The second-order valence-electron chi connectivity index (χ2n) is 3.54. The molecule has 0 amide bonds. The first-order valence-corrected chi connectivity index (χ1v) is 4.92. The maximum atomic E-state index is 11.1. The summed E-state index contributed by atoms with van der Waals surface area (Å²) in [7, 11) is 0. The third-order valence-electron chi connectivity index (χ3n) is 2.32. The van der Waals surface area contributed by atoms with Gasteiger partial charge in [0.2, 0.25) is 0 Å². The molecule has 0 bridgehead atoms. The van der Waals surface area contributed by atoms with Gasteiger partial charge in [-0.1, -0.05) is 6.08 Å². The minimum absolute atomic E-state index is 0.436. The Balaban J connectivity index is 2.38. The van der Waals surface area contributed by atoms with E-state index in [-0.39, 0.29) is 0 Å². The zero-order valence-electron chi connectivity index (χ0n) is 8.79. The summed E-state index contributed by atoms with van der Waals surface area (Å²) >= 11 is 0. The van der Waals surface area contributed by atoms with Crippen LogP contribution >= 0.6 is 0 Å². The number of hydrogen-bond acceptors (Lipinski definition) is 4. The molecule has 0 aromatic carbocycles. The molecule has 1 aliphatic rings. The van der Waals surface area contributed by atoms with Crippen molar-refractivity contribution in [2.24, 2.45) is 4.99 Å². The Labute approximate surface area is 92.6 Å². The minimum atomic E-state index is -0.974. The molecule has 1 aliphatic heterocycles. The molecule has 2 rings (SSSR count). The fraction of sp³-hybridized carbons (Fsp3) is 0.273. The van der Waals surface area contributed by atoms with Crippen molar-refractivity contribution in [1.29, 1.82) is 0 Å². The van der Waals surface area contributed by atoms with E-state index >= 15 is 0 Å². The standard InChI is InChI=1S/C11H11N3O2/c1-7-3-4-8(9(14-7)11(15)16)10-12-5-2-6-13-10/h2,4-6,9H,3H2,1H3,(H,15,16). The van der Waals surface area contributed by atoms with Crippen LogP contribution < -0.4 is 0 Å². The summed E-state index contributed by atoms with van der Waals surface area (Å²) in [5.74, 6) is -0.538. The van der Waals surface area contributed by atoms with E-state index in [1.54, 1.807) is 18.5 Å². The molecule has 0 fully saturated rings. The van der Waals surface area contributed by atoms with Gasteiger partial charge in [0.05, 0.1) is 0 Å². The zero-order valence-corrected chi connectivity index (χ0v) is 8.79.